The molecule has 1 unspecified atom stereocenters. The highest BCUT2D eigenvalue weighted by Crippen LogP contribution is 2.21. The molecule has 1 rings (SSSR count). The van der Waals surface area contributed by atoms with Crippen LogP contribution in [0.3, 0.4) is 0 Å². The first-order valence-electron chi connectivity index (χ1n) is 6.34. The van der Waals surface area contributed by atoms with E-state index in [-0.39, 0.29) is 12.0 Å². The van der Waals surface area contributed by atoms with Crippen molar-refractivity contribution in [3.05, 3.63) is 35.4 Å². The number of benzene rings is 1. The van der Waals surface area contributed by atoms with Crippen LogP contribution < -0.4 is 0 Å². The average Bonchev–Trinajstić information content (AvgIpc) is 2.28. The first-order valence-corrected chi connectivity index (χ1v) is 6.34. The third kappa shape index (κ3) is 4.49. The Morgan fingerprint density at radius 3 is 2.59 bits per heavy atom. The van der Waals surface area contributed by atoms with Gasteiger partial charge in [0.2, 0.25) is 0 Å². The molecular formula is C15H25NO. The first kappa shape index (κ1) is 14.2. The van der Waals surface area contributed by atoms with Gasteiger partial charge in [-0.2, -0.15) is 0 Å². The van der Waals surface area contributed by atoms with E-state index in [1.165, 1.54) is 11.1 Å². The Kier molecular flexibility index (Phi) is 5.16. The molecule has 0 saturated heterocycles. The number of nitrogens with zero attached hydrogens (tertiary/aromatic N) is 1. The molecule has 2 nitrogen and oxygen atoms in total. The molecule has 0 heterocycles. The van der Waals surface area contributed by atoms with Crippen LogP contribution in [0.25, 0.3) is 0 Å². The van der Waals surface area contributed by atoms with Crippen molar-refractivity contribution < 1.29 is 5.11 Å². The molecule has 1 atom stereocenters. The zero-order valence-electron chi connectivity index (χ0n) is 11.5. The van der Waals surface area contributed by atoms with Gasteiger partial charge in [0.1, 0.15) is 0 Å². The summed E-state index contributed by atoms with van der Waals surface area (Å²) in [6.45, 7) is 8.51. The highest BCUT2D eigenvalue weighted by atomic mass is 16.3. The summed E-state index contributed by atoms with van der Waals surface area (Å²) in [6, 6.07) is 8.60. The second-order valence-corrected chi connectivity index (χ2v) is 5.48. The maximum atomic E-state index is 9.42. The number of aryl methyl sites for hydroxylation is 1. The Bertz CT molecular complexity index is 345. The summed E-state index contributed by atoms with van der Waals surface area (Å²) >= 11 is 0. The van der Waals surface area contributed by atoms with Crippen molar-refractivity contribution in [3.63, 3.8) is 0 Å². The van der Waals surface area contributed by atoms with Crippen LogP contribution in [0.1, 0.15) is 31.4 Å². The zero-order chi connectivity index (χ0) is 12.9. The average molecular weight is 235 g/mol. The number of aliphatic hydroxyl groups excluding tert-OH is 1. The second-order valence-electron chi connectivity index (χ2n) is 5.48. The fourth-order valence-corrected chi connectivity index (χ4v) is 2.10. The third-order valence-corrected chi connectivity index (χ3v) is 3.42. The molecule has 2 heteroatoms. The largest absolute Gasteiger partial charge is 0.396 e. The summed E-state index contributed by atoms with van der Waals surface area (Å²) in [5.74, 6) is 0. The minimum absolute atomic E-state index is 0.0125. The Balaban J connectivity index is 2.58. The number of aliphatic hydroxyl groups is 1. The van der Waals surface area contributed by atoms with E-state index in [9.17, 15) is 5.11 Å². The fraction of sp³-hybridized carbons (Fsp3) is 0.600. The summed E-state index contributed by atoms with van der Waals surface area (Å²) in [5, 5.41) is 9.42. The van der Waals surface area contributed by atoms with Crippen LogP contribution in [-0.4, -0.2) is 30.2 Å². The Morgan fingerprint density at radius 2 is 2.06 bits per heavy atom. The molecule has 0 aliphatic rings. The normalized spacial score (nSPS) is 14.9. The van der Waals surface area contributed by atoms with Gasteiger partial charge in [0.05, 0.1) is 0 Å². The fourth-order valence-electron chi connectivity index (χ4n) is 2.10. The van der Waals surface area contributed by atoms with Crippen LogP contribution in [0.2, 0.25) is 0 Å². The van der Waals surface area contributed by atoms with Gasteiger partial charge >= 0.3 is 0 Å². The molecule has 0 fully saturated rings. The molecule has 0 aliphatic carbocycles. The minimum atomic E-state index is 0.0125. The van der Waals surface area contributed by atoms with Crippen LogP contribution in [0.15, 0.2) is 24.3 Å². The van der Waals surface area contributed by atoms with E-state index in [4.69, 9.17) is 0 Å². The van der Waals surface area contributed by atoms with Crippen molar-refractivity contribution in [3.8, 4) is 0 Å². The van der Waals surface area contributed by atoms with E-state index in [1.54, 1.807) is 0 Å². The van der Waals surface area contributed by atoms with Crippen molar-refractivity contribution >= 4 is 0 Å². The predicted octanol–water partition coefficient (Wildman–Crippen LogP) is 2.84. The predicted molar refractivity (Wildman–Crippen MR) is 73.0 cm³/mol. The summed E-state index contributed by atoms with van der Waals surface area (Å²) in [4.78, 5) is 2.29. The van der Waals surface area contributed by atoms with E-state index >= 15 is 0 Å². The Hall–Kier alpha value is -0.860. The highest BCUT2D eigenvalue weighted by molar-refractivity contribution is 5.22. The molecule has 0 spiro atoms. The van der Waals surface area contributed by atoms with Gasteiger partial charge in [0.15, 0.2) is 0 Å². The second kappa shape index (κ2) is 6.18. The SMILES string of the molecule is CCC(C)(CO)CN(C)Cc1cccc(C)c1. The monoisotopic (exact) mass is 235 g/mol. The Morgan fingerprint density at radius 1 is 1.35 bits per heavy atom. The Labute approximate surface area is 105 Å². The quantitative estimate of drug-likeness (QED) is 0.819. The molecule has 0 bridgehead atoms. The summed E-state index contributed by atoms with van der Waals surface area (Å²) in [7, 11) is 2.12. The molecule has 0 saturated carbocycles. The van der Waals surface area contributed by atoms with Crippen molar-refractivity contribution in [2.75, 3.05) is 20.2 Å². The van der Waals surface area contributed by atoms with Crippen LogP contribution >= 0.6 is 0 Å². The molecule has 0 amide bonds. The van der Waals surface area contributed by atoms with Gasteiger partial charge in [0, 0.05) is 25.1 Å². The number of hydrogen-bond donors (Lipinski definition) is 1. The molecular weight excluding hydrogens is 210 g/mol. The molecule has 96 valence electrons. The van der Waals surface area contributed by atoms with Crippen LogP contribution in [0, 0.1) is 12.3 Å². The smallest absolute Gasteiger partial charge is 0.0496 e. The summed E-state index contributed by atoms with van der Waals surface area (Å²) in [5.41, 5.74) is 2.65. The molecule has 1 aromatic rings. The molecule has 0 aromatic heterocycles. The van der Waals surface area contributed by atoms with Gasteiger partial charge < -0.3 is 10.0 Å². The van der Waals surface area contributed by atoms with Gasteiger partial charge in [-0.3, -0.25) is 0 Å². The van der Waals surface area contributed by atoms with E-state index in [1.807, 2.05) is 0 Å². The highest BCUT2D eigenvalue weighted by Gasteiger charge is 2.22. The lowest BCUT2D eigenvalue weighted by Crippen LogP contribution is -2.35. The third-order valence-electron chi connectivity index (χ3n) is 3.42. The summed E-state index contributed by atoms with van der Waals surface area (Å²) < 4.78 is 0. The minimum Gasteiger partial charge on any atom is -0.396 e. The molecule has 1 aromatic carbocycles. The zero-order valence-corrected chi connectivity index (χ0v) is 11.5. The van der Waals surface area contributed by atoms with Crippen molar-refractivity contribution in [1.29, 1.82) is 0 Å². The lowest BCUT2D eigenvalue weighted by molar-refractivity contribution is 0.0930. The standard InChI is InChI=1S/C15H25NO/c1-5-15(3,12-17)11-16(4)10-14-8-6-7-13(2)9-14/h6-9,17H,5,10-12H2,1-4H3. The maximum Gasteiger partial charge on any atom is 0.0496 e. The summed E-state index contributed by atoms with van der Waals surface area (Å²) in [6.07, 6.45) is 1.00. The number of hydrogen-bond acceptors (Lipinski definition) is 2. The van der Waals surface area contributed by atoms with Gasteiger partial charge in [0.25, 0.3) is 0 Å². The molecule has 1 N–H and O–H groups in total. The van der Waals surface area contributed by atoms with E-state index in [0.717, 1.165) is 19.5 Å². The van der Waals surface area contributed by atoms with Gasteiger partial charge in [-0.05, 0) is 26.0 Å². The number of rotatable bonds is 6. The van der Waals surface area contributed by atoms with E-state index < -0.39 is 0 Å². The lowest BCUT2D eigenvalue weighted by atomic mass is 9.88. The molecule has 0 aliphatic heterocycles. The van der Waals surface area contributed by atoms with Crippen molar-refractivity contribution in [2.24, 2.45) is 5.41 Å². The van der Waals surface area contributed by atoms with E-state index in [2.05, 4.69) is 57.0 Å². The molecule has 17 heavy (non-hydrogen) atoms. The van der Waals surface area contributed by atoms with Crippen LogP contribution in [0.5, 0.6) is 0 Å². The topological polar surface area (TPSA) is 23.5 Å². The van der Waals surface area contributed by atoms with Gasteiger partial charge in [-0.1, -0.05) is 43.7 Å². The van der Waals surface area contributed by atoms with Crippen molar-refractivity contribution in [2.45, 2.75) is 33.7 Å². The van der Waals surface area contributed by atoms with Gasteiger partial charge in [-0.15, -0.1) is 0 Å². The maximum absolute atomic E-state index is 9.42. The van der Waals surface area contributed by atoms with Crippen molar-refractivity contribution in [1.82, 2.24) is 4.90 Å². The van der Waals surface area contributed by atoms with Gasteiger partial charge in [-0.25, -0.2) is 0 Å². The van der Waals surface area contributed by atoms with Crippen LogP contribution in [0.4, 0.5) is 0 Å². The van der Waals surface area contributed by atoms with Crippen LogP contribution in [-0.2, 0) is 6.54 Å². The first-order chi connectivity index (χ1) is 7.99. The molecule has 0 radical (unpaired) electrons. The lowest BCUT2D eigenvalue weighted by Gasteiger charge is -2.31. The van der Waals surface area contributed by atoms with E-state index in [0.29, 0.717) is 0 Å².